The number of hydrogen-bond donors (Lipinski definition) is 0. The van der Waals surface area contributed by atoms with Gasteiger partial charge in [0.05, 0.1) is 24.7 Å². The van der Waals surface area contributed by atoms with Crippen molar-refractivity contribution < 1.29 is 14.3 Å². The Hall–Kier alpha value is -0.570. The molecule has 2 fully saturated rings. The van der Waals surface area contributed by atoms with E-state index >= 15 is 0 Å². The van der Waals surface area contributed by atoms with Crippen molar-refractivity contribution in [3.8, 4) is 0 Å². The third kappa shape index (κ3) is 2.27. The molecule has 0 aromatic rings. The summed E-state index contributed by atoms with van der Waals surface area (Å²) in [5, 5.41) is 0. The van der Waals surface area contributed by atoms with Crippen LogP contribution in [0, 0.1) is 11.8 Å². The van der Waals surface area contributed by atoms with Gasteiger partial charge in [-0.3, -0.25) is 4.79 Å². The molecule has 3 unspecified atom stereocenters. The fourth-order valence-electron chi connectivity index (χ4n) is 1.98. The van der Waals surface area contributed by atoms with Gasteiger partial charge in [0.2, 0.25) is 0 Å². The summed E-state index contributed by atoms with van der Waals surface area (Å²) in [5.41, 5.74) is 0. The third-order valence-corrected chi connectivity index (χ3v) is 2.90. The molecule has 1 aliphatic heterocycles. The second-order valence-corrected chi connectivity index (χ2v) is 4.75. The minimum atomic E-state index is -0.0207. The Bertz CT molecular complexity index is 225. The molecular formula is C11H18O3. The Morgan fingerprint density at radius 1 is 1.43 bits per heavy atom. The molecular weight excluding hydrogens is 180 g/mol. The Kier molecular flexibility index (Phi) is 2.77. The van der Waals surface area contributed by atoms with Crippen LogP contribution in [-0.2, 0) is 14.3 Å². The first kappa shape index (κ1) is 9.97. The molecule has 1 saturated carbocycles. The fourth-order valence-corrected chi connectivity index (χ4v) is 1.98. The minimum absolute atomic E-state index is 0.0207. The molecule has 0 bridgehead atoms. The number of hydrogen-bond acceptors (Lipinski definition) is 3. The van der Waals surface area contributed by atoms with Gasteiger partial charge >= 0.3 is 5.97 Å². The highest BCUT2D eigenvalue weighted by Gasteiger charge is 2.46. The molecule has 1 heterocycles. The van der Waals surface area contributed by atoms with Gasteiger partial charge in [-0.15, -0.1) is 0 Å². The van der Waals surface area contributed by atoms with Gasteiger partial charge in [0.1, 0.15) is 0 Å². The van der Waals surface area contributed by atoms with Crippen LogP contribution in [0.4, 0.5) is 0 Å². The summed E-state index contributed by atoms with van der Waals surface area (Å²) < 4.78 is 10.6. The first-order valence-corrected chi connectivity index (χ1v) is 5.49. The molecule has 3 atom stereocenters. The van der Waals surface area contributed by atoms with Crippen molar-refractivity contribution in [2.75, 3.05) is 6.61 Å². The first-order valence-electron chi connectivity index (χ1n) is 5.49. The van der Waals surface area contributed by atoms with Crippen LogP contribution in [0.15, 0.2) is 0 Å². The lowest BCUT2D eigenvalue weighted by Crippen LogP contribution is -2.25. The van der Waals surface area contributed by atoms with Crippen molar-refractivity contribution in [3.63, 3.8) is 0 Å². The lowest BCUT2D eigenvalue weighted by Gasteiger charge is -2.18. The van der Waals surface area contributed by atoms with Crippen LogP contribution < -0.4 is 0 Å². The van der Waals surface area contributed by atoms with E-state index in [9.17, 15) is 4.79 Å². The highest BCUT2D eigenvalue weighted by molar-refractivity contribution is 5.72. The van der Waals surface area contributed by atoms with E-state index in [0.717, 1.165) is 19.3 Å². The maximum absolute atomic E-state index is 11.6. The van der Waals surface area contributed by atoms with Crippen LogP contribution in [-0.4, -0.2) is 24.8 Å². The Morgan fingerprint density at radius 2 is 2.21 bits per heavy atom. The predicted molar refractivity (Wildman–Crippen MR) is 51.8 cm³/mol. The van der Waals surface area contributed by atoms with Crippen molar-refractivity contribution in [2.24, 2.45) is 11.8 Å². The predicted octanol–water partition coefficient (Wildman–Crippen LogP) is 1.75. The second-order valence-electron chi connectivity index (χ2n) is 4.75. The molecule has 2 rings (SSSR count). The van der Waals surface area contributed by atoms with Gasteiger partial charge in [-0.25, -0.2) is 0 Å². The lowest BCUT2D eigenvalue weighted by atomic mass is 9.89. The third-order valence-electron chi connectivity index (χ3n) is 2.90. The Morgan fingerprint density at radius 3 is 2.86 bits per heavy atom. The summed E-state index contributed by atoms with van der Waals surface area (Å²) in [6.45, 7) is 4.65. The van der Waals surface area contributed by atoms with Crippen molar-refractivity contribution in [2.45, 2.75) is 45.3 Å². The van der Waals surface area contributed by atoms with E-state index in [0.29, 0.717) is 24.7 Å². The molecule has 0 radical (unpaired) electrons. The second kappa shape index (κ2) is 3.89. The monoisotopic (exact) mass is 198 g/mol. The number of esters is 1. The average Bonchev–Trinajstić information content (AvgIpc) is 2.91. The average molecular weight is 198 g/mol. The highest BCUT2D eigenvalue weighted by atomic mass is 16.6. The molecule has 0 spiro atoms. The van der Waals surface area contributed by atoms with Crippen LogP contribution in [0.25, 0.3) is 0 Å². The Balaban J connectivity index is 1.74. The minimum Gasteiger partial charge on any atom is -0.465 e. The lowest BCUT2D eigenvalue weighted by molar-refractivity contribution is -0.150. The zero-order chi connectivity index (χ0) is 10.1. The van der Waals surface area contributed by atoms with Crippen molar-refractivity contribution in [1.29, 1.82) is 0 Å². The van der Waals surface area contributed by atoms with Crippen LogP contribution in [0.2, 0.25) is 0 Å². The van der Waals surface area contributed by atoms with E-state index in [-0.39, 0.29) is 11.9 Å². The number of rotatable bonds is 3. The molecule has 2 aliphatic rings. The van der Waals surface area contributed by atoms with Crippen molar-refractivity contribution >= 4 is 5.97 Å². The van der Waals surface area contributed by atoms with Gasteiger partial charge in [-0.05, 0) is 25.2 Å². The van der Waals surface area contributed by atoms with Crippen LogP contribution in [0.3, 0.4) is 0 Å². The molecule has 14 heavy (non-hydrogen) atoms. The smallest absolute Gasteiger partial charge is 0.309 e. The van der Waals surface area contributed by atoms with Gasteiger partial charge in [0, 0.05) is 0 Å². The Labute approximate surface area is 84.8 Å². The van der Waals surface area contributed by atoms with Crippen LogP contribution >= 0.6 is 0 Å². The highest BCUT2D eigenvalue weighted by Crippen LogP contribution is 2.39. The van der Waals surface area contributed by atoms with E-state index in [4.69, 9.17) is 9.47 Å². The molecule has 0 amide bonds. The van der Waals surface area contributed by atoms with Crippen LogP contribution in [0.5, 0.6) is 0 Å². The largest absolute Gasteiger partial charge is 0.465 e. The summed E-state index contributed by atoms with van der Waals surface area (Å²) in [6, 6.07) is 0. The molecule has 3 heteroatoms. The standard InChI is InChI=1S/C11H18O3/c1-7(2)6-13-11(12)8-3-4-9-10(5-8)14-9/h7-10H,3-6H2,1-2H3. The number of fused-ring (bicyclic) bond motifs is 1. The van der Waals surface area contributed by atoms with E-state index in [1.54, 1.807) is 0 Å². The fraction of sp³-hybridized carbons (Fsp3) is 0.909. The zero-order valence-corrected chi connectivity index (χ0v) is 8.86. The van der Waals surface area contributed by atoms with E-state index < -0.39 is 0 Å². The summed E-state index contributed by atoms with van der Waals surface area (Å²) in [5.74, 6) is 0.498. The van der Waals surface area contributed by atoms with Gasteiger partial charge < -0.3 is 9.47 Å². The number of carbonyl (C=O) groups is 1. The maximum atomic E-state index is 11.6. The molecule has 3 nitrogen and oxygen atoms in total. The van der Waals surface area contributed by atoms with Gasteiger partial charge in [-0.1, -0.05) is 13.8 Å². The molecule has 0 aromatic carbocycles. The zero-order valence-electron chi connectivity index (χ0n) is 8.86. The van der Waals surface area contributed by atoms with Crippen molar-refractivity contribution in [1.82, 2.24) is 0 Å². The summed E-state index contributed by atoms with van der Waals surface area (Å²) >= 11 is 0. The molecule has 80 valence electrons. The molecule has 0 N–H and O–H groups in total. The van der Waals surface area contributed by atoms with Gasteiger partial charge in [0.15, 0.2) is 0 Å². The van der Waals surface area contributed by atoms with E-state index in [1.165, 1.54) is 0 Å². The molecule has 1 aliphatic carbocycles. The SMILES string of the molecule is CC(C)COC(=O)C1CCC2OC2C1. The van der Waals surface area contributed by atoms with Gasteiger partial charge in [-0.2, -0.15) is 0 Å². The molecule has 0 aromatic heterocycles. The summed E-state index contributed by atoms with van der Waals surface area (Å²) in [4.78, 5) is 11.6. The number of epoxide rings is 1. The normalized spacial score (nSPS) is 35.2. The quantitative estimate of drug-likeness (QED) is 0.512. The summed E-state index contributed by atoms with van der Waals surface area (Å²) in [7, 11) is 0. The van der Waals surface area contributed by atoms with E-state index in [1.807, 2.05) is 13.8 Å². The summed E-state index contributed by atoms with van der Waals surface area (Å²) in [6.07, 6.45) is 3.68. The van der Waals surface area contributed by atoms with Crippen molar-refractivity contribution in [3.05, 3.63) is 0 Å². The van der Waals surface area contributed by atoms with Gasteiger partial charge in [0.25, 0.3) is 0 Å². The number of ether oxygens (including phenoxy) is 2. The maximum Gasteiger partial charge on any atom is 0.309 e. The molecule has 1 saturated heterocycles. The topological polar surface area (TPSA) is 38.8 Å². The first-order chi connectivity index (χ1) is 6.66. The van der Waals surface area contributed by atoms with Crippen LogP contribution in [0.1, 0.15) is 33.1 Å². The van der Waals surface area contributed by atoms with E-state index in [2.05, 4.69) is 0 Å². The number of carbonyl (C=O) groups excluding carboxylic acids is 1.